The molecular formula is C15H22O3. The summed E-state index contributed by atoms with van der Waals surface area (Å²) in [5, 5.41) is 0. The summed E-state index contributed by atoms with van der Waals surface area (Å²) in [5.74, 6) is 2.48. The van der Waals surface area contributed by atoms with Crippen molar-refractivity contribution in [3.63, 3.8) is 0 Å². The van der Waals surface area contributed by atoms with Crippen molar-refractivity contribution >= 4 is 0 Å². The van der Waals surface area contributed by atoms with Crippen LogP contribution in [0, 0.1) is 0 Å². The average Bonchev–Trinajstić information content (AvgIpc) is 2.42. The Morgan fingerprint density at radius 1 is 1.11 bits per heavy atom. The van der Waals surface area contributed by atoms with E-state index in [1.807, 2.05) is 18.2 Å². The molecule has 1 atom stereocenters. The number of benzene rings is 1. The first kappa shape index (κ1) is 14.4. The smallest absolute Gasteiger partial charge is 0.203 e. The second kappa shape index (κ2) is 6.94. The topological polar surface area (TPSA) is 27.7 Å². The number of rotatable bonds is 7. The van der Waals surface area contributed by atoms with Crippen molar-refractivity contribution < 1.29 is 14.2 Å². The number of ether oxygens (including phenoxy) is 3. The predicted molar refractivity (Wildman–Crippen MR) is 73.9 cm³/mol. The molecule has 0 aliphatic heterocycles. The van der Waals surface area contributed by atoms with Crippen molar-refractivity contribution in [2.24, 2.45) is 0 Å². The first-order chi connectivity index (χ1) is 8.73. The van der Waals surface area contributed by atoms with Crippen LogP contribution in [-0.2, 0) is 0 Å². The minimum absolute atomic E-state index is 0.386. The van der Waals surface area contributed by atoms with Gasteiger partial charge in [-0.15, -0.1) is 6.58 Å². The third-order valence-corrected chi connectivity index (χ3v) is 3.12. The average molecular weight is 250 g/mol. The van der Waals surface area contributed by atoms with Gasteiger partial charge in [0.25, 0.3) is 0 Å². The summed E-state index contributed by atoms with van der Waals surface area (Å²) >= 11 is 0. The highest BCUT2D eigenvalue weighted by Gasteiger charge is 2.20. The number of hydrogen-bond acceptors (Lipinski definition) is 3. The predicted octanol–water partition coefficient (Wildman–Crippen LogP) is 3.78. The first-order valence-electron chi connectivity index (χ1n) is 6.13. The van der Waals surface area contributed by atoms with Gasteiger partial charge in [-0.05, 0) is 24.8 Å². The molecule has 100 valence electrons. The molecule has 0 saturated heterocycles. The molecule has 1 unspecified atom stereocenters. The maximum atomic E-state index is 5.50. The minimum Gasteiger partial charge on any atom is -0.493 e. The van der Waals surface area contributed by atoms with E-state index in [4.69, 9.17) is 14.2 Å². The van der Waals surface area contributed by atoms with Crippen LogP contribution in [0.1, 0.15) is 31.2 Å². The van der Waals surface area contributed by atoms with Crippen LogP contribution in [0.15, 0.2) is 24.8 Å². The van der Waals surface area contributed by atoms with Crippen LogP contribution in [0.2, 0.25) is 0 Å². The van der Waals surface area contributed by atoms with Gasteiger partial charge < -0.3 is 14.2 Å². The second-order valence-corrected chi connectivity index (χ2v) is 4.05. The maximum Gasteiger partial charge on any atom is 0.203 e. The molecule has 0 aliphatic carbocycles. The lowest BCUT2D eigenvalue weighted by Gasteiger charge is -2.20. The number of allylic oxidation sites excluding steroid dienone is 1. The van der Waals surface area contributed by atoms with Gasteiger partial charge in [0.1, 0.15) is 0 Å². The van der Waals surface area contributed by atoms with E-state index in [9.17, 15) is 0 Å². The molecule has 0 saturated carbocycles. The van der Waals surface area contributed by atoms with E-state index < -0.39 is 0 Å². The fourth-order valence-corrected chi connectivity index (χ4v) is 2.16. The molecule has 0 N–H and O–H groups in total. The zero-order valence-electron chi connectivity index (χ0n) is 11.7. The van der Waals surface area contributed by atoms with Crippen molar-refractivity contribution in [3.8, 4) is 17.2 Å². The van der Waals surface area contributed by atoms with Crippen LogP contribution in [0.25, 0.3) is 0 Å². The summed E-state index contributed by atoms with van der Waals surface area (Å²) in [4.78, 5) is 0. The van der Waals surface area contributed by atoms with Gasteiger partial charge in [-0.25, -0.2) is 0 Å². The first-order valence-corrected chi connectivity index (χ1v) is 6.13. The molecule has 0 aromatic heterocycles. The quantitative estimate of drug-likeness (QED) is 0.689. The molecule has 3 heteroatoms. The van der Waals surface area contributed by atoms with Crippen molar-refractivity contribution in [2.75, 3.05) is 21.3 Å². The lowest BCUT2D eigenvalue weighted by atomic mass is 9.92. The van der Waals surface area contributed by atoms with Crippen LogP contribution in [0.3, 0.4) is 0 Å². The summed E-state index contributed by atoms with van der Waals surface area (Å²) in [6.45, 7) is 5.97. The monoisotopic (exact) mass is 250 g/mol. The van der Waals surface area contributed by atoms with Gasteiger partial charge in [0.05, 0.1) is 21.3 Å². The lowest BCUT2D eigenvalue weighted by molar-refractivity contribution is 0.320. The van der Waals surface area contributed by atoms with Gasteiger partial charge in [0.2, 0.25) is 5.75 Å². The van der Waals surface area contributed by atoms with Crippen molar-refractivity contribution in [1.29, 1.82) is 0 Å². The Morgan fingerprint density at radius 2 is 1.78 bits per heavy atom. The SMILES string of the molecule is C=CCC(CC)c1ccc(OC)c(OC)c1OC. The summed E-state index contributed by atoms with van der Waals surface area (Å²) in [6, 6.07) is 3.96. The zero-order valence-corrected chi connectivity index (χ0v) is 11.7. The van der Waals surface area contributed by atoms with Crippen LogP contribution in [0.5, 0.6) is 17.2 Å². The van der Waals surface area contributed by atoms with Gasteiger partial charge in [-0.2, -0.15) is 0 Å². The second-order valence-electron chi connectivity index (χ2n) is 4.05. The fourth-order valence-electron chi connectivity index (χ4n) is 2.16. The Balaban J connectivity index is 3.30. The van der Waals surface area contributed by atoms with E-state index in [2.05, 4.69) is 13.5 Å². The van der Waals surface area contributed by atoms with Crippen LogP contribution in [-0.4, -0.2) is 21.3 Å². The Morgan fingerprint density at radius 3 is 2.22 bits per heavy atom. The van der Waals surface area contributed by atoms with Crippen LogP contribution >= 0.6 is 0 Å². The zero-order chi connectivity index (χ0) is 13.5. The largest absolute Gasteiger partial charge is 0.493 e. The van der Waals surface area contributed by atoms with E-state index >= 15 is 0 Å². The highest BCUT2D eigenvalue weighted by Crippen LogP contribution is 2.44. The number of hydrogen-bond donors (Lipinski definition) is 0. The van der Waals surface area contributed by atoms with E-state index in [-0.39, 0.29) is 0 Å². The Hall–Kier alpha value is -1.64. The van der Waals surface area contributed by atoms with Gasteiger partial charge >= 0.3 is 0 Å². The summed E-state index contributed by atoms with van der Waals surface area (Å²) in [7, 11) is 4.90. The molecule has 0 amide bonds. The molecule has 1 aromatic rings. The summed E-state index contributed by atoms with van der Waals surface area (Å²) in [5.41, 5.74) is 1.14. The van der Waals surface area contributed by atoms with E-state index in [0.29, 0.717) is 17.4 Å². The molecule has 1 rings (SSSR count). The third kappa shape index (κ3) is 2.78. The van der Waals surface area contributed by atoms with Crippen molar-refractivity contribution in [3.05, 3.63) is 30.4 Å². The Kier molecular flexibility index (Phi) is 5.56. The van der Waals surface area contributed by atoms with E-state index in [1.54, 1.807) is 21.3 Å². The normalized spacial score (nSPS) is 11.8. The highest BCUT2D eigenvalue weighted by molar-refractivity contribution is 5.56. The molecule has 0 aliphatic rings. The molecule has 18 heavy (non-hydrogen) atoms. The highest BCUT2D eigenvalue weighted by atomic mass is 16.5. The summed E-state index contributed by atoms with van der Waals surface area (Å²) in [6.07, 6.45) is 3.88. The van der Waals surface area contributed by atoms with Gasteiger partial charge in [0, 0.05) is 5.56 Å². The molecule has 0 spiro atoms. The molecule has 0 radical (unpaired) electrons. The van der Waals surface area contributed by atoms with Crippen molar-refractivity contribution in [2.45, 2.75) is 25.7 Å². The molecule has 0 bridgehead atoms. The van der Waals surface area contributed by atoms with Gasteiger partial charge in [0.15, 0.2) is 11.5 Å². The Labute approximate surface area is 109 Å². The number of methoxy groups -OCH3 is 3. The molecular weight excluding hydrogens is 228 g/mol. The minimum atomic E-state index is 0.386. The van der Waals surface area contributed by atoms with Gasteiger partial charge in [-0.1, -0.05) is 19.1 Å². The van der Waals surface area contributed by atoms with Crippen LogP contribution < -0.4 is 14.2 Å². The van der Waals surface area contributed by atoms with Gasteiger partial charge in [-0.3, -0.25) is 0 Å². The van der Waals surface area contributed by atoms with E-state index in [1.165, 1.54) is 0 Å². The maximum absolute atomic E-state index is 5.50. The molecule has 3 nitrogen and oxygen atoms in total. The van der Waals surface area contributed by atoms with Crippen molar-refractivity contribution in [1.82, 2.24) is 0 Å². The fraction of sp³-hybridized carbons (Fsp3) is 0.467. The van der Waals surface area contributed by atoms with Crippen LogP contribution in [0.4, 0.5) is 0 Å². The molecule has 1 aromatic carbocycles. The summed E-state index contributed by atoms with van der Waals surface area (Å²) < 4.78 is 16.2. The lowest BCUT2D eigenvalue weighted by Crippen LogP contribution is -2.03. The molecule has 0 heterocycles. The standard InChI is InChI=1S/C15H22O3/c1-6-8-11(7-2)12-9-10-13(16-3)15(18-5)14(12)17-4/h6,9-11H,1,7-8H2,2-5H3. The van der Waals surface area contributed by atoms with E-state index in [0.717, 1.165) is 24.2 Å². The molecule has 0 fully saturated rings. The Bertz CT molecular complexity index is 399. The third-order valence-electron chi connectivity index (χ3n) is 3.12.